The number of hydrogen-bond acceptors (Lipinski definition) is 7. The van der Waals surface area contributed by atoms with E-state index in [9.17, 15) is 9.59 Å². The fourth-order valence-electron chi connectivity index (χ4n) is 4.66. The van der Waals surface area contributed by atoms with Crippen molar-refractivity contribution in [3.63, 3.8) is 0 Å². The standard InChI is InChI=1S/C24H43N5O4/c1-6-16(7-2)15-32-22(30)20-13-19-12-17(9-11-21(27-25)28-26)8-10-18(19)14-29(20)23(31)33-24(3,4)5/h9,16,18-20H,6-8,10-15,25-26H2,1-5H3,(H,27,28)/b17-9+/t18?,19?,20-/m0/s1. The number of hydrazine groups is 1. The predicted molar refractivity (Wildman–Crippen MR) is 129 cm³/mol. The molecule has 9 nitrogen and oxygen atoms in total. The van der Waals surface area contributed by atoms with Gasteiger partial charge in [-0.3, -0.25) is 4.90 Å². The molecule has 1 heterocycles. The van der Waals surface area contributed by atoms with Crippen LogP contribution in [0.25, 0.3) is 0 Å². The number of rotatable bonds is 7. The van der Waals surface area contributed by atoms with Gasteiger partial charge in [-0.05, 0) is 64.2 Å². The third kappa shape index (κ3) is 7.91. The van der Waals surface area contributed by atoms with Crippen LogP contribution in [0.2, 0.25) is 0 Å². The van der Waals surface area contributed by atoms with E-state index < -0.39 is 17.7 Å². The van der Waals surface area contributed by atoms with Gasteiger partial charge >= 0.3 is 12.1 Å². The van der Waals surface area contributed by atoms with E-state index in [1.54, 1.807) is 4.90 Å². The highest BCUT2D eigenvalue weighted by atomic mass is 16.6. The number of hydrazone groups is 1. The topological polar surface area (TPSA) is 132 Å². The molecule has 0 aromatic carbocycles. The maximum absolute atomic E-state index is 13.1. The molecule has 188 valence electrons. The van der Waals surface area contributed by atoms with Gasteiger partial charge in [0.05, 0.1) is 6.61 Å². The summed E-state index contributed by atoms with van der Waals surface area (Å²) in [6, 6.07) is -0.623. The van der Waals surface area contributed by atoms with Crippen LogP contribution in [0.15, 0.2) is 16.8 Å². The van der Waals surface area contributed by atoms with Crippen molar-refractivity contribution in [2.24, 2.45) is 34.5 Å². The largest absolute Gasteiger partial charge is 0.464 e. The maximum atomic E-state index is 13.1. The van der Waals surface area contributed by atoms with Gasteiger partial charge in [0.25, 0.3) is 0 Å². The SMILES string of the molecule is CCC(CC)COC(=O)[C@@H]1CC2C/C(=C/C/C(=N/N)NN)CCC2CN1C(=O)OC(C)(C)C. The molecule has 5 N–H and O–H groups in total. The number of nitrogens with two attached hydrogens (primary N) is 2. The first-order valence-electron chi connectivity index (χ1n) is 12.2. The molecule has 2 aliphatic rings. The van der Waals surface area contributed by atoms with Crippen molar-refractivity contribution in [1.82, 2.24) is 10.3 Å². The van der Waals surface area contributed by atoms with E-state index in [-0.39, 0.29) is 5.97 Å². The van der Waals surface area contributed by atoms with Crippen molar-refractivity contribution >= 4 is 17.9 Å². The normalized spacial score (nSPS) is 25.1. The number of amides is 1. The monoisotopic (exact) mass is 465 g/mol. The van der Waals surface area contributed by atoms with Crippen LogP contribution < -0.4 is 17.1 Å². The lowest BCUT2D eigenvalue weighted by atomic mass is 9.71. The van der Waals surface area contributed by atoms with Gasteiger partial charge in [-0.25, -0.2) is 15.4 Å². The molecule has 2 fully saturated rings. The number of likely N-dealkylation sites (tertiary alicyclic amines) is 1. The summed E-state index contributed by atoms with van der Waals surface area (Å²) in [7, 11) is 0. The number of hydrogen-bond donors (Lipinski definition) is 3. The van der Waals surface area contributed by atoms with E-state index >= 15 is 0 Å². The van der Waals surface area contributed by atoms with Gasteiger partial charge in [0.2, 0.25) is 0 Å². The van der Waals surface area contributed by atoms with E-state index in [0.29, 0.717) is 49.6 Å². The van der Waals surface area contributed by atoms with E-state index in [0.717, 1.165) is 32.1 Å². The summed E-state index contributed by atoms with van der Waals surface area (Å²) in [5, 5.41) is 3.63. The summed E-state index contributed by atoms with van der Waals surface area (Å²) in [5.41, 5.74) is 3.18. The Bertz CT molecular complexity index is 727. The first kappa shape index (κ1) is 27.0. The van der Waals surface area contributed by atoms with Gasteiger partial charge in [0, 0.05) is 13.0 Å². The zero-order chi connectivity index (χ0) is 24.6. The van der Waals surface area contributed by atoms with Crippen LogP contribution >= 0.6 is 0 Å². The number of fused-ring (bicyclic) bond motifs is 1. The lowest BCUT2D eigenvalue weighted by Crippen LogP contribution is -2.55. The van der Waals surface area contributed by atoms with E-state index in [2.05, 4.69) is 30.5 Å². The Hall–Kier alpha value is -2.29. The predicted octanol–water partition coefficient (Wildman–Crippen LogP) is 3.44. The van der Waals surface area contributed by atoms with Crippen molar-refractivity contribution in [1.29, 1.82) is 0 Å². The Kier molecular flexibility index (Phi) is 10.0. The molecule has 9 heteroatoms. The molecule has 1 amide bonds. The number of nitrogens with zero attached hydrogens (tertiary/aromatic N) is 2. The second-order valence-corrected chi connectivity index (χ2v) is 10.2. The molecule has 0 radical (unpaired) electrons. The number of esters is 1. The molecular weight excluding hydrogens is 422 g/mol. The second kappa shape index (κ2) is 12.3. The molecule has 33 heavy (non-hydrogen) atoms. The number of allylic oxidation sites excluding steroid dienone is 1. The number of carbonyl (C=O) groups excluding carboxylic acids is 2. The van der Waals surface area contributed by atoms with Crippen molar-refractivity contribution in [2.45, 2.75) is 91.2 Å². The van der Waals surface area contributed by atoms with E-state index in [1.807, 2.05) is 20.8 Å². The van der Waals surface area contributed by atoms with Gasteiger partial charge in [-0.2, -0.15) is 5.10 Å². The Morgan fingerprint density at radius 1 is 1.27 bits per heavy atom. The van der Waals surface area contributed by atoms with E-state index in [1.165, 1.54) is 5.57 Å². The Morgan fingerprint density at radius 2 is 1.97 bits per heavy atom. The van der Waals surface area contributed by atoms with Crippen LogP contribution in [-0.2, 0) is 14.3 Å². The lowest BCUT2D eigenvalue weighted by Gasteiger charge is -2.45. The van der Waals surface area contributed by atoms with E-state index in [4.69, 9.17) is 21.2 Å². The molecular formula is C24H43N5O4. The highest BCUT2D eigenvalue weighted by molar-refractivity contribution is 5.83. The van der Waals surface area contributed by atoms with Crippen LogP contribution in [0.5, 0.6) is 0 Å². The highest BCUT2D eigenvalue weighted by Crippen LogP contribution is 2.41. The molecule has 0 spiro atoms. The molecule has 1 aliphatic carbocycles. The summed E-state index contributed by atoms with van der Waals surface area (Å²) in [5.74, 6) is 11.9. The summed E-state index contributed by atoms with van der Waals surface area (Å²) in [6.45, 7) is 10.6. The Morgan fingerprint density at radius 3 is 2.55 bits per heavy atom. The molecule has 0 aromatic rings. The number of ether oxygens (including phenoxy) is 2. The average molecular weight is 466 g/mol. The van der Waals surface area contributed by atoms with Crippen molar-refractivity contribution in [3.8, 4) is 0 Å². The minimum atomic E-state index is -0.625. The minimum Gasteiger partial charge on any atom is -0.464 e. The fourth-order valence-corrected chi connectivity index (χ4v) is 4.66. The molecule has 1 aliphatic heterocycles. The number of amidine groups is 1. The van der Waals surface area contributed by atoms with Crippen LogP contribution in [0.1, 0.15) is 79.6 Å². The van der Waals surface area contributed by atoms with Gasteiger partial charge in [-0.1, -0.05) is 38.3 Å². The van der Waals surface area contributed by atoms with Gasteiger partial charge in [-0.15, -0.1) is 0 Å². The number of nitrogens with one attached hydrogen (secondary N) is 1. The molecule has 0 bridgehead atoms. The summed E-state index contributed by atoms with van der Waals surface area (Å²) >= 11 is 0. The molecule has 2 unspecified atom stereocenters. The van der Waals surface area contributed by atoms with Crippen LogP contribution in [-0.4, -0.2) is 47.6 Å². The van der Waals surface area contributed by atoms with Crippen molar-refractivity contribution in [2.75, 3.05) is 13.2 Å². The molecule has 1 saturated heterocycles. The van der Waals surface area contributed by atoms with Gasteiger partial charge in [0.15, 0.2) is 0 Å². The van der Waals surface area contributed by atoms with Crippen LogP contribution in [0.3, 0.4) is 0 Å². The third-order valence-corrected chi connectivity index (χ3v) is 6.78. The first-order valence-corrected chi connectivity index (χ1v) is 12.2. The lowest BCUT2D eigenvalue weighted by molar-refractivity contribution is -0.154. The van der Waals surface area contributed by atoms with Crippen LogP contribution in [0.4, 0.5) is 4.79 Å². The molecule has 0 aromatic heterocycles. The first-order chi connectivity index (χ1) is 15.6. The molecule has 2 rings (SSSR count). The summed E-state index contributed by atoms with van der Waals surface area (Å²) < 4.78 is 11.3. The molecule has 3 atom stereocenters. The Labute approximate surface area is 198 Å². The average Bonchev–Trinajstić information content (AvgIpc) is 2.78. The number of piperidine rings is 1. The summed E-state index contributed by atoms with van der Waals surface area (Å²) in [6.07, 6.45) is 7.48. The quantitative estimate of drug-likeness (QED) is 0.131. The Balaban J connectivity index is 2.15. The fraction of sp³-hybridized carbons (Fsp3) is 0.792. The highest BCUT2D eigenvalue weighted by Gasteiger charge is 2.44. The smallest absolute Gasteiger partial charge is 0.411 e. The third-order valence-electron chi connectivity index (χ3n) is 6.78. The van der Waals surface area contributed by atoms with Gasteiger partial charge < -0.3 is 20.7 Å². The van der Waals surface area contributed by atoms with Crippen LogP contribution in [0, 0.1) is 17.8 Å². The molecule has 1 saturated carbocycles. The van der Waals surface area contributed by atoms with Gasteiger partial charge in [0.1, 0.15) is 17.5 Å². The second-order valence-electron chi connectivity index (χ2n) is 10.2. The summed E-state index contributed by atoms with van der Waals surface area (Å²) in [4.78, 5) is 27.7. The zero-order valence-corrected chi connectivity index (χ0v) is 20.9. The van der Waals surface area contributed by atoms with Crippen molar-refractivity contribution in [3.05, 3.63) is 11.6 Å². The zero-order valence-electron chi connectivity index (χ0n) is 20.9. The minimum absolute atomic E-state index is 0.304. The van der Waals surface area contributed by atoms with Crippen molar-refractivity contribution < 1.29 is 19.1 Å². The number of carbonyl (C=O) groups is 2. The maximum Gasteiger partial charge on any atom is 0.411 e.